The number of carboxylic acid groups (broad SMARTS) is 1. The van der Waals surface area contributed by atoms with E-state index < -0.39 is 5.97 Å². The quantitative estimate of drug-likeness (QED) is 0.576. The monoisotopic (exact) mass is 467 g/mol. The third-order valence-corrected chi connectivity index (χ3v) is 6.50. The first-order chi connectivity index (χ1) is 14.3. The topological polar surface area (TPSA) is 67.5 Å². The number of nitrogens with zero attached hydrogens (tertiary/aromatic N) is 3. The first-order valence-electron chi connectivity index (χ1n) is 9.69. The molecular weight excluding hydrogens is 449 g/mol. The molecule has 1 unspecified atom stereocenters. The summed E-state index contributed by atoms with van der Waals surface area (Å²) in [5.41, 5.74) is 1.05. The number of benzene rings is 2. The van der Waals surface area contributed by atoms with Gasteiger partial charge in [-0.15, -0.1) is 0 Å². The van der Waals surface area contributed by atoms with E-state index in [2.05, 4.69) is 11.8 Å². The Morgan fingerprint density at radius 2 is 1.93 bits per heavy atom. The molecule has 4 rings (SSSR count). The van der Waals surface area contributed by atoms with E-state index in [1.165, 1.54) is 16.7 Å². The average Bonchev–Trinajstić information content (AvgIpc) is 3.25. The van der Waals surface area contributed by atoms with Crippen LogP contribution in [0.2, 0.25) is 15.1 Å². The minimum Gasteiger partial charge on any atom is -0.478 e. The van der Waals surface area contributed by atoms with Gasteiger partial charge in [0, 0.05) is 17.6 Å². The van der Waals surface area contributed by atoms with Crippen molar-refractivity contribution in [1.29, 1.82) is 0 Å². The van der Waals surface area contributed by atoms with Gasteiger partial charge >= 0.3 is 11.7 Å². The van der Waals surface area contributed by atoms with Crippen LogP contribution in [-0.2, 0) is 6.54 Å². The van der Waals surface area contributed by atoms with Crippen LogP contribution in [-0.4, -0.2) is 44.2 Å². The summed E-state index contributed by atoms with van der Waals surface area (Å²) in [6, 6.07) is 7.91. The molecule has 0 radical (unpaired) electrons. The zero-order chi connectivity index (χ0) is 21.6. The molecule has 0 spiro atoms. The number of aromatic carboxylic acids is 1. The molecule has 1 aromatic heterocycles. The lowest BCUT2D eigenvalue weighted by Crippen LogP contribution is -2.36. The third-order valence-electron chi connectivity index (χ3n) is 5.68. The highest BCUT2D eigenvalue weighted by atomic mass is 35.5. The van der Waals surface area contributed by atoms with Crippen LogP contribution in [0.1, 0.15) is 30.1 Å². The van der Waals surface area contributed by atoms with Crippen LogP contribution in [0.3, 0.4) is 0 Å². The first-order valence-corrected chi connectivity index (χ1v) is 10.8. The Kier molecular flexibility index (Phi) is 5.86. The van der Waals surface area contributed by atoms with Gasteiger partial charge in [-0.1, -0.05) is 41.7 Å². The lowest BCUT2D eigenvalue weighted by atomic mass is 10.1. The van der Waals surface area contributed by atoms with E-state index in [1.54, 1.807) is 22.8 Å². The highest BCUT2D eigenvalue weighted by molar-refractivity contribution is 6.37. The lowest BCUT2D eigenvalue weighted by Gasteiger charge is -2.23. The van der Waals surface area contributed by atoms with Crippen molar-refractivity contribution in [2.45, 2.75) is 32.4 Å². The fourth-order valence-electron chi connectivity index (χ4n) is 4.25. The summed E-state index contributed by atoms with van der Waals surface area (Å²) in [6.45, 7) is 4.42. The Morgan fingerprint density at radius 3 is 2.60 bits per heavy atom. The van der Waals surface area contributed by atoms with Gasteiger partial charge in [0.25, 0.3) is 0 Å². The third kappa shape index (κ3) is 3.62. The molecule has 0 bridgehead atoms. The minimum atomic E-state index is -1.11. The molecule has 0 amide bonds. The molecular formula is C21H20Cl3N3O3. The van der Waals surface area contributed by atoms with Crippen LogP contribution in [0.5, 0.6) is 0 Å². The normalized spacial score (nSPS) is 17.1. The largest absolute Gasteiger partial charge is 0.478 e. The van der Waals surface area contributed by atoms with E-state index in [0.29, 0.717) is 33.3 Å². The zero-order valence-electron chi connectivity index (χ0n) is 16.2. The summed E-state index contributed by atoms with van der Waals surface area (Å²) in [7, 11) is 0. The van der Waals surface area contributed by atoms with Gasteiger partial charge in [0.15, 0.2) is 0 Å². The van der Waals surface area contributed by atoms with E-state index in [0.717, 1.165) is 25.9 Å². The number of hydrogen-bond acceptors (Lipinski definition) is 3. The van der Waals surface area contributed by atoms with Gasteiger partial charge in [-0.25, -0.2) is 9.59 Å². The molecule has 1 fully saturated rings. The van der Waals surface area contributed by atoms with Crippen molar-refractivity contribution in [2.24, 2.45) is 0 Å². The lowest BCUT2D eigenvalue weighted by molar-refractivity contribution is 0.0697. The van der Waals surface area contributed by atoms with Crippen LogP contribution < -0.4 is 5.69 Å². The molecule has 1 saturated heterocycles. The van der Waals surface area contributed by atoms with Gasteiger partial charge in [-0.05, 0) is 56.3 Å². The van der Waals surface area contributed by atoms with Gasteiger partial charge in [-0.2, -0.15) is 0 Å². The van der Waals surface area contributed by atoms with Gasteiger partial charge < -0.3 is 5.11 Å². The van der Waals surface area contributed by atoms with Crippen molar-refractivity contribution in [2.75, 3.05) is 13.1 Å². The van der Waals surface area contributed by atoms with Gasteiger partial charge in [-0.3, -0.25) is 14.0 Å². The summed E-state index contributed by atoms with van der Waals surface area (Å²) in [4.78, 5) is 27.5. The number of carbonyl (C=O) groups is 1. The van der Waals surface area contributed by atoms with E-state index in [9.17, 15) is 14.7 Å². The molecule has 1 aliphatic heterocycles. The average molecular weight is 469 g/mol. The minimum absolute atomic E-state index is 0.0272. The van der Waals surface area contributed by atoms with Crippen LogP contribution in [0.4, 0.5) is 0 Å². The molecule has 3 aromatic rings. The number of carboxylic acids is 1. The van der Waals surface area contributed by atoms with Crippen molar-refractivity contribution in [3.8, 4) is 5.69 Å². The smallest absolute Gasteiger partial charge is 0.335 e. The number of likely N-dealkylation sites (N-methyl/N-ethyl adjacent to an activating group) is 1. The molecule has 2 heterocycles. The van der Waals surface area contributed by atoms with Crippen LogP contribution in [0.25, 0.3) is 16.7 Å². The van der Waals surface area contributed by atoms with E-state index in [-0.39, 0.29) is 22.3 Å². The number of likely N-dealkylation sites (tertiary alicyclic amines) is 1. The number of rotatable bonds is 5. The van der Waals surface area contributed by atoms with Crippen LogP contribution in [0, 0.1) is 0 Å². The number of fused-ring (bicyclic) bond motifs is 1. The second-order valence-corrected chi connectivity index (χ2v) is 8.63. The summed E-state index contributed by atoms with van der Waals surface area (Å²) in [6.07, 6.45) is 2.04. The molecule has 1 aliphatic rings. The predicted molar refractivity (Wildman–Crippen MR) is 120 cm³/mol. The van der Waals surface area contributed by atoms with E-state index in [4.69, 9.17) is 34.8 Å². The molecule has 0 aliphatic carbocycles. The Morgan fingerprint density at radius 1 is 1.17 bits per heavy atom. The predicted octanol–water partition coefficient (Wildman–Crippen LogP) is 4.93. The molecule has 158 valence electrons. The molecule has 1 atom stereocenters. The molecule has 0 saturated carbocycles. The van der Waals surface area contributed by atoms with Gasteiger partial charge in [0.05, 0.1) is 32.3 Å². The number of aromatic nitrogens is 2. The fraction of sp³-hybridized carbons (Fsp3) is 0.333. The zero-order valence-corrected chi connectivity index (χ0v) is 18.5. The molecule has 1 N–H and O–H groups in total. The maximum absolute atomic E-state index is 13.6. The van der Waals surface area contributed by atoms with E-state index in [1.807, 2.05) is 0 Å². The van der Waals surface area contributed by atoms with Crippen LogP contribution >= 0.6 is 34.8 Å². The summed E-state index contributed by atoms with van der Waals surface area (Å²) < 4.78 is 3.05. The summed E-state index contributed by atoms with van der Waals surface area (Å²) in [5, 5.41) is 10.4. The maximum Gasteiger partial charge on any atom is 0.335 e. The Bertz CT molecular complexity index is 1200. The number of halogens is 3. The molecule has 30 heavy (non-hydrogen) atoms. The SMILES string of the molecule is CCN1CCCC1Cn1c(=O)n(-c2ccc(Cl)cc2Cl)c2c(Cl)cc(C(=O)O)cc21. The van der Waals surface area contributed by atoms with Crippen molar-refractivity contribution < 1.29 is 9.90 Å². The second-order valence-electron chi connectivity index (χ2n) is 7.38. The first kappa shape index (κ1) is 21.2. The highest BCUT2D eigenvalue weighted by Crippen LogP contribution is 2.32. The number of hydrogen-bond donors (Lipinski definition) is 1. The van der Waals surface area contributed by atoms with Crippen LogP contribution in [0.15, 0.2) is 35.1 Å². The van der Waals surface area contributed by atoms with E-state index >= 15 is 0 Å². The summed E-state index contributed by atoms with van der Waals surface area (Å²) >= 11 is 18.9. The Hall–Kier alpha value is -1.99. The maximum atomic E-state index is 13.6. The molecule has 2 aromatic carbocycles. The van der Waals surface area contributed by atoms with Crippen molar-refractivity contribution in [1.82, 2.24) is 14.0 Å². The Labute approximate surface area is 188 Å². The number of imidazole rings is 1. The second kappa shape index (κ2) is 8.27. The molecule has 6 nitrogen and oxygen atoms in total. The van der Waals surface area contributed by atoms with Crippen molar-refractivity contribution in [3.63, 3.8) is 0 Å². The highest BCUT2D eigenvalue weighted by Gasteiger charge is 2.27. The summed E-state index contributed by atoms with van der Waals surface area (Å²) in [5.74, 6) is -1.11. The standard InChI is InChI=1S/C21H20Cl3N3O3/c1-2-25-7-3-4-14(25)11-26-18-9-12(20(28)29)8-16(24)19(18)27(21(26)30)17-6-5-13(22)10-15(17)23/h5-6,8-10,14H,2-4,7,11H2,1H3,(H,28,29). The van der Waals surface area contributed by atoms with Gasteiger partial charge in [0.1, 0.15) is 0 Å². The Balaban J connectivity index is 1.99. The van der Waals surface area contributed by atoms with Gasteiger partial charge in [0.2, 0.25) is 0 Å². The van der Waals surface area contributed by atoms with Crippen molar-refractivity contribution in [3.05, 3.63) is 61.4 Å². The molecule has 9 heteroatoms. The van der Waals surface area contributed by atoms with Crippen molar-refractivity contribution >= 4 is 51.8 Å². The fourth-order valence-corrected chi connectivity index (χ4v) is 5.04.